The molecule has 4 aromatic rings. The summed E-state index contributed by atoms with van der Waals surface area (Å²) < 4.78 is 7.79. The third-order valence-electron chi connectivity index (χ3n) is 4.28. The topological polar surface area (TPSA) is 84.3 Å². The summed E-state index contributed by atoms with van der Waals surface area (Å²) in [6.07, 6.45) is 5.75. The molecule has 0 atom stereocenters. The summed E-state index contributed by atoms with van der Waals surface area (Å²) in [6.45, 7) is 2.43. The summed E-state index contributed by atoms with van der Waals surface area (Å²) >= 11 is 0. The second kappa shape index (κ2) is 7.96. The van der Waals surface area contributed by atoms with Crippen molar-refractivity contribution in [2.45, 2.75) is 26.4 Å². The van der Waals surface area contributed by atoms with Crippen LogP contribution in [0.25, 0.3) is 5.65 Å². The van der Waals surface area contributed by atoms with E-state index in [9.17, 15) is 4.79 Å². The molecule has 142 valence electrons. The minimum atomic E-state index is -0.254. The number of aromatic nitrogens is 4. The molecule has 3 aromatic heterocycles. The third-order valence-corrected chi connectivity index (χ3v) is 4.28. The smallest absolute Gasteiger partial charge is 0.276 e. The van der Waals surface area contributed by atoms with Crippen molar-refractivity contribution in [1.82, 2.24) is 19.6 Å². The number of nitrogens with zero attached hydrogens (tertiary/aromatic N) is 3. The predicted molar refractivity (Wildman–Crippen MR) is 107 cm³/mol. The molecule has 0 aliphatic carbocycles. The van der Waals surface area contributed by atoms with Crippen molar-refractivity contribution in [3.8, 4) is 5.75 Å². The number of anilines is 1. The first-order valence-electron chi connectivity index (χ1n) is 9.22. The van der Waals surface area contributed by atoms with Crippen molar-refractivity contribution in [2.75, 3.05) is 5.32 Å². The number of imidazole rings is 1. The number of hydrogen-bond acceptors (Lipinski definition) is 4. The molecule has 0 unspecified atom stereocenters. The average Bonchev–Trinajstić information content (AvgIpc) is 3.33. The Kier molecular flexibility index (Phi) is 5.05. The van der Waals surface area contributed by atoms with E-state index in [1.165, 1.54) is 0 Å². The van der Waals surface area contributed by atoms with Crippen LogP contribution in [0, 0.1) is 0 Å². The summed E-state index contributed by atoms with van der Waals surface area (Å²) in [7, 11) is 0. The zero-order valence-electron chi connectivity index (χ0n) is 15.6. The maximum absolute atomic E-state index is 12.4. The van der Waals surface area contributed by atoms with E-state index in [2.05, 4.69) is 27.4 Å². The Bertz CT molecular complexity index is 1070. The second-order valence-electron chi connectivity index (χ2n) is 6.50. The number of carbonyl (C=O) groups is 1. The molecular formula is C21H21N5O2. The molecule has 0 aliphatic heterocycles. The molecule has 0 spiro atoms. The Morgan fingerprint density at radius 2 is 2.14 bits per heavy atom. The molecule has 7 nitrogen and oxygen atoms in total. The number of carbonyl (C=O) groups excluding carboxylic acids is 1. The number of pyridine rings is 1. The van der Waals surface area contributed by atoms with Crippen molar-refractivity contribution < 1.29 is 9.53 Å². The zero-order chi connectivity index (χ0) is 19.3. The van der Waals surface area contributed by atoms with Gasteiger partial charge in [-0.05, 0) is 36.8 Å². The highest BCUT2D eigenvalue weighted by molar-refractivity contribution is 6.03. The fraction of sp³-hybridized carbons (Fsp3) is 0.190. The highest BCUT2D eigenvalue weighted by Gasteiger charge is 2.11. The van der Waals surface area contributed by atoms with E-state index in [1.807, 2.05) is 53.2 Å². The van der Waals surface area contributed by atoms with Crippen molar-refractivity contribution in [2.24, 2.45) is 0 Å². The second-order valence-corrected chi connectivity index (χ2v) is 6.50. The molecule has 3 heterocycles. The van der Waals surface area contributed by atoms with E-state index < -0.39 is 0 Å². The normalized spacial score (nSPS) is 10.9. The Labute approximate surface area is 162 Å². The van der Waals surface area contributed by atoms with Crippen LogP contribution in [0.1, 0.15) is 35.2 Å². The van der Waals surface area contributed by atoms with Crippen LogP contribution in [-0.4, -0.2) is 25.5 Å². The van der Waals surface area contributed by atoms with E-state index in [1.54, 1.807) is 12.1 Å². The summed E-state index contributed by atoms with van der Waals surface area (Å²) in [5, 5.41) is 9.81. The van der Waals surface area contributed by atoms with Gasteiger partial charge in [-0.15, -0.1) is 0 Å². The minimum absolute atomic E-state index is 0.254. The molecular weight excluding hydrogens is 354 g/mol. The number of aromatic amines is 1. The fourth-order valence-corrected chi connectivity index (χ4v) is 2.95. The van der Waals surface area contributed by atoms with Crippen LogP contribution < -0.4 is 10.1 Å². The van der Waals surface area contributed by atoms with Gasteiger partial charge in [0.2, 0.25) is 0 Å². The van der Waals surface area contributed by atoms with Crippen LogP contribution in [0.5, 0.6) is 5.75 Å². The van der Waals surface area contributed by atoms with Crippen LogP contribution in [0.2, 0.25) is 0 Å². The summed E-state index contributed by atoms with van der Waals surface area (Å²) in [5.41, 5.74) is 3.69. The van der Waals surface area contributed by atoms with Crippen molar-refractivity contribution in [3.63, 3.8) is 0 Å². The lowest BCUT2D eigenvalue weighted by Crippen LogP contribution is -2.12. The van der Waals surface area contributed by atoms with Gasteiger partial charge in [-0.2, -0.15) is 5.10 Å². The molecule has 4 rings (SSSR count). The zero-order valence-corrected chi connectivity index (χ0v) is 15.6. The van der Waals surface area contributed by atoms with Crippen molar-refractivity contribution >= 4 is 17.2 Å². The number of hydrogen-bond donors (Lipinski definition) is 2. The van der Waals surface area contributed by atoms with E-state index in [-0.39, 0.29) is 5.91 Å². The minimum Gasteiger partial charge on any atom is -0.487 e. The standard InChI is InChI=1S/C21H21N5O2/c1-2-6-16-12-19(25-24-16)21(27)23-15-7-5-8-18(11-15)28-14-17-13-26-10-4-3-9-20(26)22-17/h3-5,7-13H,2,6,14H2,1H3,(H,23,27)(H,24,25). The van der Waals surface area contributed by atoms with Gasteiger partial charge < -0.3 is 14.5 Å². The largest absolute Gasteiger partial charge is 0.487 e. The Hall–Kier alpha value is -3.61. The quantitative estimate of drug-likeness (QED) is 0.514. The molecule has 7 heteroatoms. The van der Waals surface area contributed by atoms with Crippen LogP contribution >= 0.6 is 0 Å². The Morgan fingerprint density at radius 1 is 1.21 bits per heavy atom. The number of benzene rings is 1. The SMILES string of the molecule is CCCc1cc(C(=O)Nc2cccc(OCc3cn4ccccc4n3)c2)n[nH]1. The van der Waals surface area contributed by atoms with Gasteiger partial charge in [0, 0.05) is 29.8 Å². The Balaban J connectivity index is 1.40. The first kappa shape index (κ1) is 17.8. The van der Waals surface area contributed by atoms with Gasteiger partial charge in [0.15, 0.2) is 5.69 Å². The molecule has 0 bridgehead atoms. The number of nitrogens with one attached hydrogen (secondary N) is 2. The molecule has 1 aromatic carbocycles. The van der Waals surface area contributed by atoms with Crippen LogP contribution in [0.15, 0.2) is 60.9 Å². The number of fused-ring (bicyclic) bond motifs is 1. The first-order valence-corrected chi connectivity index (χ1v) is 9.22. The van der Waals surface area contributed by atoms with E-state index in [0.717, 1.165) is 29.9 Å². The highest BCUT2D eigenvalue weighted by atomic mass is 16.5. The molecule has 0 fully saturated rings. The van der Waals surface area contributed by atoms with Crippen LogP contribution in [-0.2, 0) is 13.0 Å². The molecule has 0 aliphatic rings. The molecule has 1 amide bonds. The van der Waals surface area contributed by atoms with Gasteiger partial charge in [0.1, 0.15) is 18.0 Å². The number of H-pyrrole nitrogens is 1. The molecule has 28 heavy (non-hydrogen) atoms. The number of aryl methyl sites for hydroxylation is 1. The van der Waals surface area contributed by atoms with Gasteiger partial charge in [0.05, 0.1) is 5.69 Å². The molecule has 2 N–H and O–H groups in total. The number of rotatable bonds is 7. The molecule has 0 saturated heterocycles. The average molecular weight is 375 g/mol. The maximum atomic E-state index is 12.4. The number of amides is 1. The Morgan fingerprint density at radius 3 is 3.00 bits per heavy atom. The van der Waals surface area contributed by atoms with Crippen LogP contribution in [0.3, 0.4) is 0 Å². The van der Waals surface area contributed by atoms with E-state index >= 15 is 0 Å². The van der Waals surface area contributed by atoms with Gasteiger partial charge in [-0.25, -0.2) is 4.98 Å². The monoisotopic (exact) mass is 375 g/mol. The first-order chi connectivity index (χ1) is 13.7. The van der Waals surface area contributed by atoms with E-state index in [0.29, 0.717) is 23.7 Å². The highest BCUT2D eigenvalue weighted by Crippen LogP contribution is 2.19. The molecule has 0 radical (unpaired) electrons. The van der Waals surface area contributed by atoms with Crippen molar-refractivity contribution in [1.29, 1.82) is 0 Å². The number of ether oxygens (including phenoxy) is 1. The lowest BCUT2D eigenvalue weighted by molar-refractivity contribution is 0.102. The lowest BCUT2D eigenvalue weighted by atomic mass is 10.2. The summed E-state index contributed by atoms with van der Waals surface area (Å²) in [6, 6.07) is 14.9. The summed E-state index contributed by atoms with van der Waals surface area (Å²) in [5.74, 6) is 0.402. The van der Waals surface area contributed by atoms with Gasteiger partial charge in [-0.1, -0.05) is 25.5 Å². The van der Waals surface area contributed by atoms with Gasteiger partial charge in [-0.3, -0.25) is 9.89 Å². The maximum Gasteiger partial charge on any atom is 0.276 e. The fourth-order valence-electron chi connectivity index (χ4n) is 2.95. The predicted octanol–water partition coefficient (Wildman–Crippen LogP) is 3.84. The van der Waals surface area contributed by atoms with Gasteiger partial charge >= 0.3 is 0 Å². The lowest BCUT2D eigenvalue weighted by Gasteiger charge is -2.07. The molecule has 0 saturated carbocycles. The third kappa shape index (κ3) is 4.03. The summed E-state index contributed by atoms with van der Waals surface area (Å²) in [4.78, 5) is 16.9. The van der Waals surface area contributed by atoms with E-state index in [4.69, 9.17) is 4.74 Å². The van der Waals surface area contributed by atoms with Gasteiger partial charge in [0.25, 0.3) is 5.91 Å². The van der Waals surface area contributed by atoms with Crippen molar-refractivity contribution in [3.05, 3.63) is 78.0 Å². The van der Waals surface area contributed by atoms with Crippen LogP contribution in [0.4, 0.5) is 5.69 Å².